The molecule has 1 heterocycles. The van der Waals surface area contributed by atoms with Gasteiger partial charge < -0.3 is 5.11 Å². The number of rotatable bonds is 4. The number of para-hydroxylation sites is 2. The number of carbonyl (C=O) groups excluding carboxylic acids is 1. The van der Waals surface area contributed by atoms with Crippen LogP contribution in [0.3, 0.4) is 0 Å². The van der Waals surface area contributed by atoms with E-state index in [0.717, 1.165) is 5.69 Å². The van der Waals surface area contributed by atoms with Gasteiger partial charge in [-0.25, -0.2) is 4.99 Å². The molecule has 0 aliphatic carbocycles. The lowest BCUT2D eigenvalue weighted by Gasteiger charge is -2.16. The number of thioether (sulfide) groups is 1. The lowest BCUT2D eigenvalue weighted by Crippen LogP contribution is -2.32. The molecule has 5 nitrogen and oxygen atoms in total. The van der Waals surface area contributed by atoms with Gasteiger partial charge in [-0.2, -0.15) is 0 Å². The molecule has 0 bridgehead atoms. The minimum Gasteiger partial charge on any atom is -0.481 e. The van der Waals surface area contributed by atoms with Crippen LogP contribution in [0.5, 0.6) is 0 Å². The smallest absolute Gasteiger partial charge is 0.305 e. The van der Waals surface area contributed by atoms with Gasteiger partial charge in [-0.1, -0.05) is 48.2 Å². The third kappa shape index (κ3) is 3.43. The molecule has 2 aromatic carbocycles. The second-order valence-corrected chi connectivity index (χ2v) is 6.11. The van der Waals surface area contributed by atoms with Crippen LogP contribution >= 0.6 is 11.8 Å². The van der Waals surface area contributed by atoms with Gasteiger partial charge in [0.15, 0.2) is 5.17 Å². The van der Waals surface area contributed by atoms with Gasteiger partial charge in [0.25, 0.3) is 0 Å². The minimum atomic E-state index is -0.996. The summed E-state index contributed by atoms with van der Waals surface area (Å²) in [5, 5.41) is 8.84. The van der Waals surface area contributed by atoms with Crippen molar-refractivity contribution in [2.45, 2.75) is 11.7 Å². The summed E-state index contributed by atoms with van der Waals surface area (Å²) in [4.78, 5) is 29.6. The van der Waals surface area contributed by atoms with Crippen LogP contribution in [-0.4, -0.2) is 27.4 Å². The number of carbonyl (C=O) groups is 2. The molecule has 0 radical (unpaired) electrons. The van der Waals surface area contributed by atoms with Crippen LogP contribution in [0, 0.1) is 0 Å². The Morgan fingerprint density at radius 2 is 1.70 bits per heavy atom. The van der Waals surface area contributed by atoms with E-state index in [9.17, 15) is 9.59 Å². The average Bonchev–Trinajstić information content (AvgIpc) is 2.84. The number of amidine groups is 1. The van der Waals surface area contributed by atoms with E-state index in [1.165, 1.54) is 16.7 Å². The lowest BCUT2D eigenvalue weighted by atomic mass is 10.2. The SMILES string of the molecule is O=C(O)C[C@@H]1SC(=Nc2ccccc2)N(c2ccccc2)C1=O. The first-order valence-corrected chi connectivity index (χ1v) is 7.94. The van der Waals surface area contributed by atoms with Crippen molar-refractivity contribution in [2.24, 2.45) is 4.99 Å². The molecule has 6 heteroatoms. The largest absolute Gasteiger partial charge is 0.481 e. The third-order valence-corrected chi connectivity index (χ3v) is 4.43. The maximum Gasteiger partial charge on any atom is 0.305 e. The van der Waals surface area contributed by atoms with E-state index in [4.69, 9.17) is 5.11 Å². The van der Waals surface area contributed by atoms with Crippen LogP contribution in [0.1, 0.15) is 6.42 Å². The van der Waals surface area contributed by atoms with E-state index in [1.807, 2.05) is 60.7 Å². The zero-order chi connectivity index (χ0) is 16.2. The normalized spacial score (nSPS) is 19.3. The lowest BCUT2D eigenvalue weighted by molar-refractivity contribution is -0.138. The number of aliphatic carboxylic acids is 1. The Hall–Kier alpha value is -2.60. The highest BCUT2D eigenvalue weighted by atomic mass is 32.2. The maximum absolute atomic E-state index is 12.6. The quantitative estimate of drug-likeness (QED) is 0.936. The van der Waals surface area contributed by atoms with Crippen molar-refractivity contribution in [3.05, 3.63) is 60.7 Å². The van der Waals surface area contributed by atoms with Crippen molar-refractivity contribution >= 4 is 40.2 Å². The van der Waals surface area contributed by atoms with E-state index in [2.05, 4.69) is 4.99 Å². The van der Waals surface area contributed by atoms with Crippen molar-refractivity contribution in [2.75, 3.05) is 4.90 Å². The maximum atomic E-state index is 12.6. The average molecular weight is 326 g/mol. The van der Waals surface area contributed by atoms with Gasteiger partial charge in [0.2, 0.25) is 5.91 Å². The van der Waals surface area contributed by atoms with Crippen LogP contribution < -0.4 is 4.90 Å². The Kier molecular flexibility index (Phi) is 4.43. The fourth-order valence-electron chi connectivity index (χ4n) is 2.26. The molecule has 0 unspecified atom stereocenters. The van der Waals surface area contributed by atoms with Crippen LogP contribution in [0.2, 0.25) is 0 Å². The van der Waals surface area contributed by atoms with E-state index >= 15 is 0 Å². The Balaban J connectivity index is 1.99. The summed E-state index contributed by atoms with van der Waals surface area (Å²) >= 11 is 1.19. The summed E-state index contributed by atoms with van der Waals surface area (Å²) in [5.41, 5.74) is 1.41. The van der Waals surface area contributed by atoms with Crippen LogP contribution in [0.15, 0.2) is 65.7 Å². The molecule has 1 N–H and O–H groups in total. The fraction of sp³-hybridized carbons (Fsp3) is 0.118. The Bertz CT molecular complexity index is 747. The number of carboxylic acids is 1. The molecule has 1 aliphatic heterocycles. The Labute approximate surface area is 137 Å². The molecule has 3 rings (SSSR count). The van der Waals surface area contributed by atoms with Gasteiger partial charge in [-0.15, -0.1) is 0 Å². The van der Waals surface area contributed by atoms with E-state index < -0.39 is 11.2 Å². The number of carboxylic acid groups (broad SMARTS) is 1. The highest BCUT2D eigenvalue weighted by Crippen LogP contribution is 2.34. The van der Waals surface area contributed by atoms with Gasteiger partial charge in [0.05, 0.1) is 17.8 Å². The molecule has 23 heavy (non-hydrogen) atoms. The molecule has 0 saturated carbocycles. The number of anilines is 1. The highest BCUT2D eigenvalue weighted by molar-refractivity contribution is 8.16. The molecule has 1 atom stereocenters. The first-order chi connectivity index (χ1) is 11.1. The standard InChI is InChI=1S/C17H14N2O3S/c20-15(21)11-14-16(22)19(13-9-5-2-6-10-13)17(23-14)18-12-7-3-1-4-8-12/h1-10,14H,11H2,(H,20,21)/t14-/m0/s1. The summed E-state index contributed by atoms with van der Waals surface area (Å²) < 4.78 is 0. The molecule has 1 amide bonds. The second-order valence-electron chi connectivity index (χ2n) is 4.94. The van der Waals surface area contributed by atoms with Gasteiger partial charge in [-0.05, 0) is 24.3 Å². The van der Waals surface area contributed by atoms with E-state index in [0.29, 0.717) is 10.9 Å². The van der Waals surface area contributed by atoms with Crippen molar-refractivity contribution < 1.29 is 14.7 Å². The van der Waals surface area contributed by atoms with E-state index in [-0.39, 0.29) is 12.3 Å². The number of nitrogens with zero attached hydrogens (tertiary/aromatic N) is 2. The van der Waals surface area contributed by atoms with Gasteiger partial charge in [-0.3, -0.25) is 14.5 Å². The molecule has 0 aromatic heterocycles. The minimum absolute atomic E-state index is 0.222. The number of aliphatic imine (C=N–C) groups is 1. The van der Waals surface area contributed by atoms with Gasteiger partial charge in [0.1, 0.15) is 5.25 Å². The van der Waals surface area contributed by atoms with Crippen molar-refractivity contribution in [1.82, 2.24) is 0 Å². The number of hydrogen-bond donors (Lipinski definition) is 1. The third-order valence-electron chi connectivity index (χ3n) is 3.29. The summed E-state index contributed by atoms with van der Waals surface area (Å²) in [6.07, 6.45) is -0.222. The zero-order valence-corrected chi connectivity index (χ0v) is 12.9. The fourth-order valence-corrected chi connectivity index (χ4v) is 3.41. The van der Waals surface area contributed by atoms with Crippen LogP contribution in [-0.2, 0) is 9.59 Å². The molecular weight excluding hydrogens is 312 g/mol. The summed E-state index contributed by atoms with van der Waals surface area (Å²) in [6, 6.07) is 18.4. The summed E-state index contributed by atoms with van der Waals surface area (Å²) in [5.74, 6) is -1.25. The zero-order valence-electron chi connectivity index (χ0n) is 12.1. The Morgan fingerprint density at radius 3 is 2.30 bits per heavy atom. The Morgan fingerprint density at radius 1 is 1.09 bits per heavy atom. The van der Waals surface area contributed by atoms with Crippen LogP contribution in [0.4, 0.5) is 11.4 Å². The van der Waals surface area contributed by atoms with Gasteiger partial charge >= 0.3 is 5.97 Å². The number of amides is 1. The first kappa shape index (κ1) is 15.3. The topological polar surface area (TPSA) is 70.0 Å². The van der Waals surface area contributed by atoms with Crippen molar-refractivity contribution in [3.63, 3.8) is 0 Å². The van der Waals surface area contributed by atoms with E-state index in [1.54, 1.807) is 0 Å². The molecule has 116 valence electrons. The summed E-state index contributed by atoms with van der Waals surface area (Å²) in [6.45, 7) is 0. The van der Waals surface area contributed by atoms with Crippen molar-refractivity contribution in [3.8, 4) is 0 Å². The molecule has 1 fully saturated rings. The predicted octanol–water partition coefficient (Wildman–Crippen LogP) is 3.30. The number of hydrogen-bond acceptors (Lipinski definition) is 4. The van der Waals surface area contributed by atoms with Crippen LogP contribution in [0.25, 0.3) is 0 Å². The summed E-state index contributed by atoms with van der Waals surface area (Å²) in [7, 11) is 0. The van der Waals surface area contributed by atoms with Gasteiger partial charge in [0, 0.05) is 0 Å². The predicted molar refractivity (Wildman–Crippen MR) is 91.1 cm³/mol. The molecule has 1 saturated heterocycles. The highest BCUT2D eigenvalue weighted by Gasteiger charge is 2.40. The second kappa shape index (κ2) is 6.66. The molecule has 1 aliphatic rings. The molecule has 0 spiro atoms. The monoisotopic (exact) mass is 326 g/mol. The van der Waals surface area contributed by atoms with Crippen molar-refractivity contribution in [1.29, 1.82) is 0 Å². The number of benzene rings is 2. The molecule has 2 aromatic rings. The molecular formula is C17H14N2O3S. The first-order valence-electron chi connectivity index (χ1n) is 7.06.